The lowest BCUT2D eigenvalue weighted by Crippen LogP contribution is -2.17. The third-order valence-corrected chi connectivity index (χ3v) is 3.77. The van der Waals surface area contributed by atoms with E-state index in [-0.39, 0.29) is 0 Å². The van der Waals surface area contributed by atoms with Gasteiger partial charge in [-0.2, -0.15) is 0 Å². The van der Waals surface area contributed by atoms with Gasteiger partial charge in [0.25, 0.3) is 0 Å². The Morgan fingerprint density at radius 2 is 1.77 bits per heavy atom. The third-order valence-electron chi connectivity index (χ3n) is 3.77. The van der Waals surface area contributed by atoms with Crippen LogP contribution in [0.2, 0.25) is 0 Å². The molecular formula is C13H26. The van der Waals surface area contributed by atoms with Crippen LogP contribution in [0.3, 0.4) is 0 Å². The Kier molecular flexibility index (Phi) is 5.50. The molecule has 1 aliphatic rings. The smallest absolute Gasteiger partial charge is 0.0386 e. The van der Waals surface area contributed by atoms with Crippen LogP contribution in [-0.2, 0) is 0 Å². The van der Waals surface area contributed by atoms with Gasteiger partial charge in [-0.1, -0.05) is 71.6 Å². The summed E-state index contributed by atoms with van der Waals surface area (Å²) in [5, 5.41) is 0. The molecule has 1 saturated carbocycles. The Morgan fingerprint density at radius 1 is 1.08 bits per heavy atom. The highest BCUT2D eigenvalue weighted by Crippen LogP contribution is 2.34. The third kappa shape index (κ3) is 3.70. The summed E-state index contributed by atoms with van der Waals surface area (Å²) in [6.45, 7) is 4.70. The Hall–Kier alpha value is 0. The van der Waals surface area contributed by atoms with Gasteiger partial charge in [0.05, 0.1) is 0 Å². The summed E-state index contributed by atoms with van der Waals surface area (Å²) in [6, 6.07) is 0. The lowest BCUT2D eigenvalue weighted by molar-refractivity contribution is 0.226. The van der Waals surface area contributed by atoms with E-state index in [9.17, 15) is 0 Å². The van der Waals surface area contributed by atoms with Crippen molar-refractivity contribution in [2.24, 2.45) is 11.8 Å². The van der Waals surface area contributed by atoms with Crippen LogP contribution in [0.5, 0.6) is 0 Å². The Bertz CT molecular complexity index is 111. The maximum Gasteiger partial charge on any atom is -0.0386 e. The van der Waals surface area contributed by atoms with Crippen LogP contribution in [0.25, 0.3) is 0 Å². The van der Waals surface area contributed by atoms with Gasteiger partial charge in [0.15, 0.2) is 0 Å². The molecule has 0 bridgehead atoms. The fourth-order valence-electron chi connectivity index (χ4n) is 2.85. The molecule has 0 nitrogen and oxygen atoms in total. The molecule has 0 saturated heterocycles. The maximum absolute atomic E-state index is 2.38. The molecule has 0 aromatic carbocycles. The van der Waals surface area contributed by atoms with Gasteiger partial charge in [0, 0.05) is 0 Å². The summed E-state index contributed by atoms with van der Waals surface area (Å²) >= 11 is 0. The molecule has 0 aromatic heterocycles. The number of hydrogen-bond donors (Lipinski definition) is 0. The normalized spacial score (nSPS) is 21.7. The average Bonchev–Trinajstić information content (AvgIpc) is 2.21. The monoisotopic (exact) mass is 182 g/mol. The van der Waals surface area contributed by atoms with Gasteiger partial charge in [-0.05, 0) is 11.8 Å². The Labute approximate surface area is 84.1 Å². The fraction of sp³-hybridized carbons (Fsp3) is 1.00. The highest BCUT2D eigenvalue weighted by molar-refractivity contribution is 4.73. The molecule has 1 fully saturated rings. The molecule has 1 atom stereocenters. The highest BCUT2D eigenvalue weighted by Gasteiger charge is 2.21. The number of rotatable bonds is 5. The van der Waals surface area contributed by atoms with Crippen molar-refractivity contribution >= 4 is 0 Å². The van der Waals surface area contributed by atoms with Crippen LogP contribution in [0, 0.1) is 11.8 Å². The van der Waals surface area contributed by atoms with Gasteiger partial charge in [-0.3, -0.25) is 0 Å². The van der Waals surface area contributed by atoms with Gasteiger partial charge < -0.3 is 0 Å². The van der Waals surface area contributed by atoms with Crippen molar-refractivity contribution in [3.8, 4) is 0 Å². The summed E-state index contributed by atoms with van der Waals surface area (Å²) in [5.41, 5.74) is 0. The van der Waals surface area contributed by atoms with E-state index in [0.717, 1.165) is 11.8 Å². The van der Waals surface area contributed by atoms with Crippen LogP contribution >= 0.6 is 0 Å². The minimum atomic E-state index is 1.06. The minimum absolute atomic E-state index is 1.06. The van der Waals surface area contributed by atoms with Gasteiger partial charge in [0.2, 0.25) is 0 Å². The van der Waals surface area contributed by atoms with Crippen molar-refractivity contribution in [2.45, 2.75) is 71.6 Å². The lowest BCUT2D eigenvalue weighted by atomic mass is 9.77. The van der Waals surface area contributed by atoms with E-state index in [2.05, 4.69) is 13.8 Å². The van der Waals surface area contributed by atoms with Crippen molar-refractivity contribution < 1.29 is 0 Å². The Morgan fingerprint density at radius 3 is 2.31 bits per heavy atom. The van der Waals surface area contributed by atoms with E-state index >= 15 is 0 Å². The predicted octanol–water partition coefficient (Wildman–Crippen LogP) is 4.78. The molecule has 0 radical (unpaired) electrons. The van der Waals surface area contributed by atoms with Crippen molar-refractivity contribution in [1.82, 2.24) is 0 Å². The molecule has 1 rings (SSSR count). The van der Waals surface area contributed by atoms with Gasteiger partial charge in [-0.25, -0.2) is 0 Å². The molecule has 0 spiro atoms. The highest BCUT2D eigenvalue weighted by atomic mass is 14.3. The molecule has 13 heavy (non-hydrogen) atoms. The minimum Gasteiger partial charge on any atom is -0.0654 e. The first kappa shape index (κ1) is 11.1. The van der Waals surface area contributed by atoms with Gasteiger partial charge in [-0.15, -0.1) is 0 Å². The second-order valence-corrected chi connectivity index (χ2v) is 4.71. The van der Waals surface area contributed by atoms with Crippen LogP contribution in [0.15, 0.2) is 0 Å². The molecule has 78 valence electrons. The van der Waals surface area contributed by atoms with E-state index in [4.69, 9.17) is 0 Å². The molecule has 1 aliphatic carbocycles. The SMILES string of the molecule is CCCC[C@@H](CC)C1CCCCC1. The molecule has 0 N–H and O–H groups in total. The van der Waals surface area contributed by atoms with Gasteiger partial charge in [0.1, 0.15) is 0 Å². The van der Waals surface area contributed by atoms with Gasteiger partial charge >= 0.3 is 0 Å². The van der Waals surface area contributed by atoms with E-state index in [1.165, 1.54) is 57.8 Å². The van der Waals surface area contributed by atoms with E-state index in [1.807, 2.05) is 0 Å². The lowest BCUT2D eigenvalue weighted by Gasteiger charge is -2.29. The molecule has 0 amide bonds. The zero-order valence-corrected chi connectivity index (χ0v) is 9.52. The standard InChI is InChI=1S/C13H26/c1-3-5-9-12(4-2)13-10-7-6-8-11-13/h12-13H,3-11H2,1-2H3/t12-/m1/s1. The van der Waals surface area contributed by atoms with E-state index in [0.29, 0.717) is 0 Å². The van der Waals surface area contributed by atoms with Crippen LogP contribution in [0.4, 0.5) is 0 Å². The molecular weight excluding hydrogens is 156 g/mol. The van der Waals surface area contributed by atoms with Crippen molar-refractivity contribution in [1.29, 1.82) is 0 Å². The molecule has 0 aromatic rings. The first-order chi connectivity index (χ1) is 6.38. The number of hydrogen-bond acceptors (Lipinski definition) is 0. The Balaban J connectivity index is 2.26. The number of unbranched alkanes of at least 4 members (excludes halogenated alkanes) is 1. The summed E-state index contributed by atoms with van der Waals surface area (Å²) < 4.78 is 0. The van der Waals surface area contributed by atoms with Crippen molar-refractivity contribution in [3.63, 3.8) is 0 Å². The summed E-state index contributed by atoms with van der Waals surface area (Å²) in [6.07, 6.45) is 13.3. The van der Waals surface area contributed by atoms with Crippen LogP contribution in [0.1, 0.15) is 71.6 Å². The predicted molar refractivity (Wildman–Crippen MR) is 59.9 cm³/mol. The summed E-state index contributed by atoms with van der Waals surface area (Å²) in [5.74, 6) is 2.14. The average molecular weight is 182 g/mol. The first-order valence-electron chi connectivity index (χ1n) is 6.38. The van der Waals surface area contributed by atoms with Crippen LogP contribution < -0.4 is 0 Å². The first-order valence-corrected chi connectivity index (χ1v) is 6.38. The van der Waals surface area contributed by atoms with E-state index in [1.54, 1.807) is 0 Å². The van der Waals surface area contributed by atoms with Crippen LogP contribution in [-0.4, -0.2) is 0 Å². The fourth-order valence-corrected chi connectivity index (χ4v) is 2.85. The second kappa shape index (κ2) is 6.45. The van der Waals surface area contributed by atoms with E-state index < -0.39 is 0 Å². The zero-order chi connectivity index (χ0) is 9.52. The maximum atomic E-state index is 2.38. The zero-order valence-electron chi connectivity index (χ0n) is 9.52. The summed E-state index contributed by atoms with van der Waals surface area (Å²) in [7, 11) is 0. The molecule has 0 aliphatic heterocycles. The molecule has 0 unspecified atom stereocenters. The topological polar surface area (TPSA) is 0 Å². The van der Waals surface area contributed by atoms with Crippen molar-refractivity contribution in [3.05, 3.63) is 0 Å². The van der Waals surface area contributed by atoms with Crippen molar-refractivity contribution in [2.75, 3.05) is 0 Å². The largest absolute Gasteiger partial charge is 0.0654 e. The molecule has 0 heteroatoms. The molecule has 0 heterocycles. The second-order valence-electron chi connectivity index (χ2n) is 4.71. The summed E-state index contributed by atoms with van der Waals surface area (Å²) in [4.78, 5) is 0. The quantitative estimate of drug-likeness (QED) is 0.574.